The van der Waals surface area contributed by atoms with E-state index in [-0.39, 0.29) is 6.54 Å². The van der Waals surface area contributed by atoms with Gasteiger partial charge in [0.2, 0.25) is 3.79 Å². The molecule has 0 rings (SSSR count). The second-order valence-electron chi connectivity index (χ2n) is 0.950. The third-order valence-corrected chi connectivity index (χ3v) is 0.680. The Morgan fingerprint density at radius 1 is 1.43 bits per heavy atom. The first kappa shape index (κ1) is 7.79. The summed E-state index contributed by atoms with van der Waals surface area (Å²) in [5, 5.41) is 7.90. The summed E-state index contributed by atoms with van der Waals surface area (Å²) in [6.45, 7) is -0.0579. The zero-order chi connectivity index (χ0) is 5.91. The van der Waals surface area contributed by atoms with E-state index in [2.05, 4.69) is 0 Å². The van der Waals surface area contributed by atoms with Crippen LogP contribution in [0.3, 0.4) is 0 Å². The molecule has 0 fully saturated rings. The maximum absolute atomic E-state index is 7.90. The molecule has 0 aromatic carbocycles. The van der Waals surface area contributed by atoms with Gasteiger partial charge in [-0.3, -0.25) is 0 Å². The Balaban J connectivity index is 3.15. The Morgan fingerprint density at radius 2 is 1.86 bits per heavy atom. The minimum absolute atomic E-state index is 0.0579. The van der Waals surface area contributed by atoms with E-state index in [0.717, 1.165) is 0 Å². The maximum Gasteiger partial charge on any atom is 0.205 e. The lowest BCUT2D eigenvalue weighted by molar-refractivity contribution is 0.169. The third-order valence-electron chi connectivity index (χ3n) is 0.280. The van der Waals surface area contributed by atoms with Gasteiger partial charge in [-0.05, 0) is 0 Å². The molecule has 2 nitrogen and oxygen atoms in total. The van der Waals surface area contributed by atoms with Crippen LogP contribution in [0.1, 0.15) is 0 Å². The van der Waals surface area contributed by atoms with Crippen molar-refractivity contribution >= 4 is 34.8 Å². The molecule has 0 aromatic heterocycles. The van der Waals surface area contributed by atoms with Crippen LogP contribution in [0, 0.1) is 0 Å². The monoisotopic (exact) mass is 163 g/mol. The highest BCUT2D eigenvalue weighted by atomic mass is 35.6. The van der Waals surface area contributed by atoms with E-state index in [4.69, 9.17) is 40.0 Å². The summed E-state index contributed by atoms with van der Waals surface area (Å²) in [6.07, 6.45) is 0. The smallest absolute Gasteiger partial charge is 0.205 e. The molecule has 0 atom stereocenters. The molecule has 0 radical (unpaired) electrons. The number of alkyl halides is 3. The summed E-state index contributed by atoms with van der Waals surface area (Å²) in [5.41, 5.74) is 1.71. The molecule has 0 unspecified atom stereocenters. The van der Waals surface area contributed by atoms with Crippen molar-refractivity contribution < 1.29 is 5.21 Å². The van der Waals surface area contributed by atoms with Crippen LogP contribution in [0.4, 0.5) is 0 Å². The summed E-state index contributed by atoms with van der Waals surface area (Å²) < 4.78 is -1.39. The van der Waals surface area contributed by atoms with E-state index >= 15 is 0 Å². The molecule has 0 aliphatic rings. The molecular formula is C2H4Cl3NO. The molecule has 2 N–H and O–H groups in total. The van der Waals surface area contributed by atoms with Gasteiger partial charge < -0.3 is 5.21 Å². The van der Waals surface area contributed by atoms with Crippen LogP contribution in [0.2, 0.25) is 0 Å². The van der Waals surface area contributed by atoms with E-state index < -0.39 is 3.79 Å². The standard InChI is InChI=1S/C2H4Cl3NO/c3-2(4,5)1-6-7/h6-7H,1H2. The van der Waals surface area contributed by atoms with Crippen molar-refractivity contribution in [2.75, 3.05) is 6.54 Å². The van der Waals surface area contributed by atoms with Crippen molar-refractivity contribution in [1.82, 2.24) is 5.48 Å². The van der Waals surface area contributed by atoms with E-state index in [1.807, 2.05) is 0 Å². The Bertz CT molecular complexity index is 51.4. The van der Waals surface area contributed by atoms with E-state index in [0.29, 0.717) is 0 Å². The minimum atomic E-state index is -1.39. The van der Waals surface area contributed by atoms with Crippen LogP contribution in [0.5, 0.6) is 0 Å². The lowest BCUT2D eigenvalue weighted by Crippen LogP contribution is -2.22. The number of halogens is 3. The molecule has 0 aliphatic heterocycles. The van der Waals surface area contributed by atoms with E-state index in [1.54, 1.807) is 5.48 Å². The molecule has 0 aromatic rings. The van der Waals surface area contributed by atoms with Gasteiger partial charge in [-0.1, -0.05) is 34.8 Å². The number of hydrogen-bond donors (Lipinski definition) is 2. The second-order valence-corrected chi connectivity index (χ2v) is 3.47. The van der Waals surface area contributed by atoms with Crippen molar-refractivity contribution in [2.45, 2.75) is 3.79 Å². The fourth-order valence-corrected chi connectivity index (χ4v) is 0.269. The van der Waals surface area contributed by atoms with Crippen LogP contribution < -0.4 is 5.48 Å². The maximum atomic E-state index is 7.90. The highest BCUT2D eigenvalue weighted by Gasteiger charge is 2.17. The summed E-state index contributed by atoms with van der Waals surface area (Å²) in [6, 6.07) is 0. The molecule has 0 bridgehead atoms. The third kappa shape index (κ3) is 6.79. The Kier molecular flexibility index (Phi) is 3.28. The van der Waals surface area contributed by atoms with Gasteiger partial charge in [0.25, 0.3) is 0 Å². The average Bonchev–Trinajstić information content (AvgIpc) is 1.30. The summed E-state index contributed by atoms with van der Waals surface area (Å²) in [7, 11) is 0. The Hall–Kier alpha value is 0.790. The first-order chi connectivity index (χ1) is 3.06. The topological polar surface area (TPSA) is 32.3 Å². The van der Waals surface area contributed by atoms with Gasteiger partial charge >= 0.3 is 0 Å². The van der Waals surface area contributed by atoms with Gasteiger partial charge in [-0.25, -0.2) is 5.48 Å². The van der Waals surface area contributed by atoms with Gasteiger partial charge in [0.15, 0.2) is 0 Å². The number of hydrogen-bond acceptors (Lipinski definition) is 2. The van der Waals surface area contributed by atoms with Crippen LogP contribution in [-0.4, -0.2) is 15.5 Å². The zero-order valence-electron chi connectivity index (χ0n) is 3.29. The van der Waals surface area contributed by atoms with Crippen LogP contribution in [0.15, 0.2) is 0 Å². The quantitative estimate of drug-likeness (QED) is 0.453. The number of rotatable bonds is 1. The van der Waals surface area contributed by atoms with E-state index in [9.17, 15) is 0 Å². The fraction of sp³-hybridized carbons (Fsp3) is 1.00. The van der Waals surface area contributed by atoms with Crippen LogP contribution in [-0.2, 0) is 0 Å². The summed E-state index contributed by atoms with van der Waals surface area (Å²) >= 11 is 15.4. The van der Waals surface area contributed by atoms with Crippen molar-refractivity contribution in [1.29, 1.82) is 0 Å². The molecule has 0 saturated heterocycles. The average molecular weight is 164 g/mol. The number of hydroxylamine groups is 1. The number of nitrogens with one attached hydrogen (secondary N) is 1. The van der Waals surface area contributed by atoms with Gasteiger partial charge in [-0.15, -0.1) is 0 Å². The van der Waals surface area contributed by atoms with Crippen molar-refractivity contribution in [2.24, 2.45) is 0 Å². The summed E-state index contributed by atoms with van der Waals surface area (Å²) in [5.74, 6) is 0. The summed E-state index contributed by atoms with van der Waals surface area (Å²) in [4.78, 5) is 0. The fourth-order valence-electron chi connectivity index (χ4n) is 0.0896. The molecule has 0 heterocycles. The van der Waals surface area contributed by atoms with Crippen molar-refractivity contribution in [3.63, 3.8) is 0 Å². The molecule has 5 heteroatoms. The van der Waals surface area contributed by atoms with Crippen LogP contribution >= 0.6 is 34.8 Å². The van der Waals surface area contributed by atoms with E-state index in [1.165, 1.54) is 0 Å². The van der Waals surface area contributed by atoms with Gasteiger partial charge in [0.1, 0.15) is 0 Å². The zero-order valence-corrected chi connectivity index (χ0v) is 5.56. The molecule has 0 amide bonds. The predicted octanol–water partition coefficient (Wildman–Crippen LogP) is 1.34. The van der Waals surface area contributed by atoms with Crippen molar-refractivity contribution in [3.05, 3.63) is 0 Å². The molecule has 0 saturated carbocycles. The molecular weight excluding hydrogens is 160 g/mol. The normalized spacial score (nSPS) is 12.0. The SMILES string of the molecule is ONCC(Cl)(Cl)Cl. The lowest BCUT2D eigenvalue weighted by atomic mass is 10.8. The Morgan fingerprint density at radius 3 is 1.86 bits per heavy atom. The molecule has 0 aliphatic carbocycles. The molecule has 44 valence electrons. The first-order valence-corrected chi connectivity index (χ1v) is 2.63. The highest BCUT2D eigenvalue weighted by molar-refractivity contribution is 6.67. The van der Waals surface area contributed by atoms with Crippen molar-refractivity contribution in [3.8, 4) is 0 Å². The van der Waals surface area contributed by atoms with Gasteiger partial charge in [0.05, 0.1) is 6.54 Å². The predicted molar refractivity (Wildman–Crippen MR) is 30.1 cm³/mol. The largest absolute Gasteiger partial charge is 0.317 e. The van der Waals surface area contributed by atoms with Gasteiger partial charge in [-0.2, -0.15) is 0 Å². The lowest BCUT2D eigenvalue weighted by Gasteiger charge is -2.06. The first-order valence-electron chi connectivity index (χ1n) is 1.50. The molecule has 0 spiro atoms. The molecule has 7 heavy (non-hydrogen) atoms. The minimum Gasteiger partial charge on any atom is -0.317 e. The Labute approximate surface area is 56.3 Å². The van der Waals surface area contributed by atoms with Gasteiger partial charge in [0, 0.05) is 0 Å². The highest BCUT2D eigenvalue weighted by Crippen LogP contribution is 2.23. The second kappa shape index (κ2) is 2.95. The van der Waals surface area contributed by atoms with Crippen LogP contribution in [0.25, 0.3) is 0 Å².